The van der Waals surface area contributed by atoms with E-state index in [-0.39, 0.29) is 28.4 Å². The van der Waals surface area contributed by atoms with Crippen molar-refractivity contribution in [3.63, 3.8) is 0 Å². The molecule has 7 rings (SSSR count). The summed E-state index contributed by atoms with van der Waals surface area (Å²) in [6.07, 6.45) is 4.44. The minimum Gasteiger partial charge on any atom is -0.437 e. The fraction of sp³-hybridized carbons (Fsp3) is 0.381. The van der Waals surface area contributed by atoms with Crippen LogP contribution in [0.15, 0.2) is 38.6 Å². The third kappa shape index (κ3) is 2.22. The van der Waals surface area contributed by atoms with Crippen LogP contribution >= 0.6 is 0 Å². The quantitative estimate of drug-likeness (QED) is 0.304. The third-order valence-electron chi connectivity index (χ3n) is 7.17. The molecule has 29 heavy (non-hydrogen) atoms. The monoisotopic (exact) mass is 390 g/mol. The summed E-state index contributed by atoms with van der Waals surface area (Å²) in [6, 6.07) is 7.80. The van der Waals surface area contributed by atoms with Gasteiger partial charge in [0.2, 0.25) is 11.1 Å². The van der Waals surface area contributed by atoms with Crippen LogP contribution in [0.1, 0.15) is 31.2 Å². The number of hydrogen-bond donors (Lipinski definition) is 3. The van der Waals surface area contributed by atoms with Gasteiger partial charge < -0.3 is 26.2 Å². The number of aromatic nitrogens is 1. The number of nitrogen functional groups attached to an aromatic ring is 1. The van der Waals surface area contributed by atoms with Gasteiger partial charge in [-0.2, -0.15) is 10.1 Å². The van der Waals surface area contributed by atoms with E-state index in [4.69, 9.17) is 16.0 Å². The molecule has 1 spiro atoms. The van der Waals surface area contributed by atoms with E-state index < -0.39 is 0 Å². The molecule has 1 unspecified atom stereocenters. The zero-order chi connectivity index (χ0) is 19.8. The second kappa shape index (κ2) is 5.62. The maximum atomic E-state index is 13.3. The molecular formula is C21H22N6O2. The number of hydrazone groups is 1. The van der Waals surface area contributed by atoms with E-state index in [2.05, 4.69) is 20.3 Å². The molecule has 148 valence electrons. The molecule has 2 aromatic heterocycles. The Morgan fingerprint density at radius 2 is 2.03 bits per heavy atom. The van der Waals surface area contributed by atoms with Crippen LogP contribution in [-0.2, 0) is 0 Å². The van der Waals surface area contributed by atoms with E-state index in [1.54, 1.807) is 6.07 Å². The Hall–Kier alpha value is -3.29. The van der Waals surface area contributed by atoms with Crippen LogP contribution in [0, 0.1) is 5.41 Å². The SMILES string of the molecule is N/N=C1\NC2CCC23CCN(CC3)c2ccc3oc4nc(N)c1cc4c(=O)c3c2. The first-order chi connectivity index (χ1) is 14.1. The standard InChI is InChI=1S/C21H22N6O2/c22-18-14-10-13-17(28)12-9-11(1-2-15(12)29-20(13)25-18)27-7-5-21(6-8-27)4-3-16(21)24-19(14)26-23/h1-2,9-10,16H,3-8,23H2,(H2,22,25)(H,24,26). The first-order valence-corrected chi connectivity index (χ1v) is 10.0. The van der Waals surface area contributed by atoms with Crippen LogP contribution in [0.4, 0.5) is 11.5 Å². The molecule has 5 N–H and O–H groups in total. The predicted molar refractivity (Wildman–Crippen MR) is 113 cm³/mol. The van der Waals surface area contributed by atoms with E-state index in [0.717, 1.165) is 38.0 Å². The summed E-state index contributed by atoms with van der Waals surface area (Å²) in [5.41, 5.74) is 8.68. The van der Waals surface area contributed by atoms with Gasteiger partial charge >= 0.3 is 0 Å². The number of fused-ring (bicyclic) bond motifs is 3. The number of pyridine rings is 1. The Bertz CT molecular complexity index is 1260. The molecule has 0 amide bonds. The zero-order valence-electron chi connectivity index (χ0n) is 15.9. The van der Waals surface area contributed by atoms with Crippen molar-refractivity contribution in [2.24, 2.45) is 16.4 Å². The molecule has 0 radical (unpaired) electrons. The largest absolute Gasteiger partial charge is 0.437 e. The number of hydrogen-bond acceptors (Lipinski definition) is 7. The molecule has 2 fully saturated rings. The molecule has 1 saturated carbocycles. The van der Waals surface area contributed by atoms with Gasteiger partial charge in [-0.05, 0) is 55.4 Å². The van der Waals surface area contributed by atoms with Gasteiger partial charge in [-0.15, -0.1) is 0 Å². The fourth-order valence-electron chi connectivity index (χ4n) is 5.25. The second-order valence-corrected chi connectivity index (χ2v) is 8.45. The summed E-state index contributed by atoms with van der Waals surface area (Å²) in [5, 5.41) is 8.41. The molecule has 1 saturated heterocycles. The molecule has 4 aliphatic rings. The maximum Gasteiger partial charge on any atom is 0.232 e. The minimum absolute atomic E-state index is 0.125. The van der Waals surface area contributed by atoms with Gasteiger partial charge in [-0.25, -0.2) is 0 Å². The van der Waals surface area contributed by atoms with Crippen molar-refractivity contribution in [1.29, 1.82) is 0 Å². The van der Waals surface area contributed by atoms with Crippen LogP contribution in [0.3, 0.4) is 0 Å². The van der Waals surface area contributed by atoms with E-state index in [1.807, 2.05) is 18.2 Å². The summed E-state index contributed by atoms with van der Waals surface area (Å²) in [5.74, 6) is 6.45. The van der Waals surface area contributed by atoms with Gasteiger partial charge in [0, 0.05) is 24.8 Å². The van der Waals surface area contributed by atoms with E-state index in [9.17, 15) is 4.79 Å². The Balaban J connectivity index is 1.66. The number of nitrogens with one attached hydrogen (secondary N) is 1. The van der Waals surface area contributed by atoms with Gasteiger partial charge in [0.25, 0.3) is 0 Å². The number of nitrogens with zero attached hydrogens (tertiary/aromatic N) is 3. The highest BCUT2D eigenvalue weighted by atomic mass is 16.3. The van der Waals surface area contributed by atoms with Crippen molar-refractivity contribution < 1.29 is 4.42 Å². The summed E-state index contributed by atoms with van der Waals surface area (Å²) in [4.78, 5) is 20.0. The molecule has 1 atom stereocenters. The molecular weight excluding hydrogens is 368 g/mol. The van der Waals surface area contributed by atoms with Crippen LogP contribution in [0.25, 0.3) is 22.1 Å². The highest BCUT2D eigenvalue weighted by Crippen LogP contribution is 2.50. The summed E-state index contributed by atoms with van der Waals surface area (Å²) < 4.78 is 5.91. The average molecular weight is 390 g/mol. The van der Waals surface area contributed by atoms with Gasteiger partial charge in [0.05, 0.1) is 16.3 Å². The Morgan fingerprint density at radius 3 is 2.76 bits per heavy atom. The van der Waals surface area contributed by atoms with Crippen molar-refractivity contribution in [2.45, 2.75) is 31.7 Å². The number of amidine groups is 1. The van der Waals surface area contributed by atoms with Gasteiger partial charge in [-0.3, -0.25) is 4.79 Å². The molecule has 6 bridgehead atoms. The van der Waals surface area contributed by atoms with Crippen LogP contribution < -0.4 is 27.2 Å². The fourth-order valence-corrected chi connectivity index (χ4v) is 5.25. The number of rotatable bonds is 0. The third-order valence-corrected chi connectivity index (χ3v) is 7.17. The van der Waals surface area contributed by atoms with E-state index >= 15 is 0 Å². The van der Waals surface area contributed by atoms with Crippen molar-refractivity contribution in [3.8, 4) is 0 Å². The lowest BCUT2D eigenvalue weighted by Gasteiger charge is -2.54. The molecule has 5 heterocycles. The molecule has 3 aromatic rings. The lowest BCUT2D eigenvalue weighted by molar-refractivity contribution is 0.0488. The van der Waals surface area contributed by atoms with Gasteiger partial charge in [-0.1, -0.05) is 0 Å². The Morgan fingerprint density at radius 1 is 1.21 bits per heavy atom. The van der Waals surface area contributed by atoms with Gasteiger partial charge in [0.15, 0.2) is 5.84 Å². The summed E-state index contributed by atoms with van der Waals surface area (Å²) in [6.45, 7) is 1.92. The smallest absolute Gasteiger partial charge is 0.232 e. The highest BCUT2D eigenvalue weighted by Gasteiger charge is 2.48. The van der Waals surface area contributed by atoms with Crippen LogP contribution in [0.5, 0.6) is 0 Å². The van der Waals surface area contributed by atoms with Crippen molar-refractivity contribution in [3.05, 3.63) is 40.1 Å². The highest BCUT2D eigenvalue weighted by molar-refractivity contribution is 6.05. The average Bonchev–Trinajstić information content (AvgIpc) is 2.73. The van der Waals surface area contributed by atoms with Crippen LogP contribution in [0.2, 0.25) is 0 Å². The zero-order valence-corrected chi connectivity index (χ0v) is 15.9. The maximum absolute atomic E-state index is 13.3. The van der Waals surface area contributed by atoms with Crippen molar-refractivity contribution >= 4 is 39.4 Å². The first kappa shape index (κ1) is 16.6. The first-order valence-electron chi connectivity index (χ1n) is 10.0. The molecule has 3 aliphatic heterocycles. The molecule has 8 nitrogen and oxygen atoms in total. The van der Waals surface area contributed by atoms with Crippen molar-refractivity contribution in [2.75, 3.05) is 23.7 Å². The number of nitrogens with two attached hydrogens (primary N) is 2. The minimum atomic E-state index is -0.125. The predicted octanol–water partition coefficient (Wildman–Crippen LogP) is 1.90. The van der Waals surface area contributed by atoms with Gasteiger partial charge in [0.1, 0.15) is 11.4 Å². The number of piperidine rings is 1. The van der Waals surface area contributed by atoms with Crippen LogP contribution in [-0.4, -0.2) is 30.0 Å². The Labute approximate surface area is 166 Å². The molecule has 8 heteroatoms. The molecule has 1 aliphatic carbocycles. The van der Waals surface area contributed by atoms with E-state index in [1.165, 1.54) is 6.42 Å². The normalized spacial score (nSPS) is 27.0. The topological polar surface area (TPSA) is 123 Å². The molecule has 1 aromatic carbocycles. The summed E-state index contributed by atoms with van der Waals surface area (Å²) in [7, 11) is 0. The Kier molecular flexibility index (Phi) is 3.23. The summed E-state index contributed by atoms with van der Waals surface area (Å²) >= 11 is 0. The number of benzene rings is 1. The lowest BCUT2D eigenvalue weighted by Crippen LogP contribution is -2.59. The lowest BCUT2D eigenvalue weighted by atomic mass is 9.59. The second-order valence-electron chi connectivity index (χ2n) is 8.45. The van der Waals surface area contributed by atoms with E-state index in [0.29, 0.717) is 27.8 Å². The van der Waals surface area contributed by atoms with Crippen molar-refractivity contribution in [1.82, 2.24) is 10.3 Å². The number of anilines is 2.